The summed E-state index contributed by atoms with van der Waals surface area (Å²) in [6, 6.07) is 4.24. The summed E-state index contributed by atoms with van der Waals surface area (Å²) in [7, 11) is 0. The summed E-state index contributed by atoms with van der Waals surface area (Å²) in [6.07, 6.45) is 7.31. The van der Waals surface area contributed by atoms with Crippen molar-refractivity contribution in [3.63, 3.8) is 0 Å². The zero-order valence-electron chi connectivity index (χ0n) is 15.9. The van der Waals surface area contributed by atoms with Gasteiger partial charge in [0.2, 0.25) is 0 Å². The zero-order valence-corrected chi connectivity index (χ0v) is 17.6. The summed E-state index contributed by atoms with van der Waals surface area (Å²) in [4.78, 5) is 21.7. The molecule has 0 aliphatic carbocycles. The highest BCUT2D eigenvalue weighted by Crippen LogP contribution is 2.16. The first kappa shape index (κ1) is 25.7. The second-order valence-corrected chi connectivity index (χ2v) is 6.56. The first-order valence-corrected chi connectivity index (χ1v) is 8.90. The Kier molecular flexibility index (Phi) is 10.6. The van der Waals surface area contributed by atoms with Crippen LogP contribution >= 0.6 is 24.8 Å². The molecule has 0 unspecified atom stereocenters. The summed E-state index contributed by atoms with van der Waals surface area (Å²) in [5, 5.41) is 11.8. The van der Waals surface area contributed by atoms with E-state index in [1.807, 2.05) is 0 Å². The Morgan fingerprint density at radius 1 is 1.23 bits per heavy atom. The van der Waals surface area contributed by atoms with Crippen LogP contribution in [0.1, 0.15) is 17.7 Å². The number of hydroxylamine groups is 1. The van der Waals surface area contributed by atoms with Gasteiger partial charge in [0.15, 0.2) is 11.6 Å². The fourth-order valence-electron chi connectivity index (χ4n) is 3.04. The van der Waals surface area contributed by atoms with E-state index in [0.29, 0.717) is 17.9 Å². The standard InChI is InChI=1S/C19H21F2N5O2.2ClH/c20-16-3-1-13(9-17(16)21)5-7-26-8-6-15(12-26)24-18-11-22-14(10-23-18)2-4-19(27)25-28;;/h1-4,9-11,15,28H,5-8,12H2,(H,23,24)(H,25,27);2*1H/b4-2+;;/t15-;;/m1../s1. The Morgan fingerprint density at radius 3 is 2.70 bits per heavy atom. The molecule has 1 amide bonds. The van der Waals surface area contributed by atoms with Crippen LogP contribution in [0.4, 0.5) is 14.6 Å². The van der Waals surface area contributed by atoms with Crippen LogP contribution in [-0.4, -0.2) is 51.7 Å². The molecule has 1 aromatic carbocycles. The number of amides is 1. The number of benzene rings is 1. The molecular weight excluding hydrogens is 439 g/mol. The van der Waals surface area contributed by atoms with Crippen LogP contribution < -0.4 is 10.8 Å². The number of nitrogens with one attached hydrogen (secondary N) is 2. The molecule has 2 aromatic rings. The maximum atomic E-state index is 13.3. The SMILES string of the molecule is Cl.Cl.O=C(/C=C/c1cnc(N[C@@H]2CCN(CCc3ccc(F)c(F)c3)C2)cn1)NO. The number of anilines is 1. The zero-order chi connectivity index (χ0) is 19.9. The van der Waals surface area contributed by atoms with Crippen molar-refractivity contribution in [2.75, 3.05) is 25.0 Å². The first-order valence-electron chi connectivity index (χ1n) is 8.90. The molecular formula is C19H23Cl2F2N5O2. The topological polar surface area (TPSA) is 90.4 Å². The molecule has 1 aliphatic rings. The molecule has 3 N–H and O–H groups in total. The number of rotatable bonds is 7. The number of nitrogens with zero attached hydrogens (tertiary/aromatic N) is 3. The minimum Gasteiger partial charge on any atom is -0.365 e. The molecule has 2 heterocycles. The van der Waals surface area contributed by atoms with Crippen LogP contribution in [0.3, 0.4) is 0 Å². The van der Waals surface area contributed by atoms with Gasteiger partial charge in [-0.2, -0.15) is 0 Å². The maximum Gasteiger partial charge on any atom is 0.267 e. The number of aromatic nitrogens is 2. The summed E-state index contributed by atoms with van der Waals surface area (Å²) < 4.78 is 26.3. The summed E-state index contributed by atoms with van der Waals surface area (Å²) >= 11 is 0. The minimum absolute atomic E-state index is 0. The highest BCUT2D eigenvalue weighted by molar-refractivity contribution is 5.90. The van der Waals surface area contributed by atoms with Gasteiger partial charge in [-0.1, -0.05) is 6.07 Å². The van der Waals surface area contributed by atoms with E-state index in [1.54, 1.807) is 12.3 Å². The lowest BCUT2D eigenvalue weighted by molar-refractivity contribution is -0.124. The fraction of sp³-hybridized carbons (Fsp3) is 0.316. The second kappa shape index (κ2) is 12.4. The lowest BCUT2D eigenvalue weighted by atomic mass is 10.1. The maximum absolute atomic E-state index is 13.3. The van der Waals surface area contributed by atoms with Crippen molar-refractivity contribution in [3.8, 4) is 0 Å². The molecule has 3 rings (SSSR count). The Balaban J connectivity index is 0.00000225. The van der Waals surface area contributed by atoms with Crippen molar-refractivity contribution in [2.45, 2.75) is 18.9 Å². The molecule has 0 saturated carbocycles. The minimum atomic E-state index is -0.825. The molecule has 164 valence electrons. The van der Waals surface area contributed by atoms with E-state index in [2.05, 4.69) is 20.2 Å². The molecule has 1 aliphatic heterocycles. The monoisotopic (exact) mass is 461 g/mol. The van der Waals surface area contributed by atoms with Crippen LogP contribution in [0.5, 0.6) is 0 Å². The highest BCUT2D eigenvalue weighted by atomic mass is 35.5. The van der Waals surface area contributed by atoms with Gasteiger partial charge in [0.05, 0.1) is 18.1 Å². The number of hydrogen-bond donors (Lipinski definition) is 3. The Labute approximate surface area is 185 Å². The van der Waals surface area contributed by atoms with E-state index in [-0.39, 0.29) is 30.9 Å². The molecule has 1 atom stereocenters. The van der Waals surface area contributed by atoms with E-state index in [4.69, 9.17) is 5.21 Å². The van der Waals surface area contributed by atoms with Crippen molar-refractivity contribution in [1.82, 2.24) is 20.3 Å². The van der Waals surface area contributed by atoms with Crippen LogP contribution in [0.2, 0.25) is 0 Å². The van der Waals surface area contributed by atoms with Gasteiger partial charge >= 0.3 is 0 Å². The van der Waals surface area contributed by atoms with Crippen LogP contribution in [-0.2, 0) is 11.2 Å². The molecule has 7 nitrogen and oxygen atoms in total. The van der Waals surface area contributed by atoms with Crippen LogP contribution in [0.25, 0.3) is 6.08 Å². The van der Waals surface area contributed by atoms with Crippen molar-refractivity contribution in [3.05, 3.63) is 59.6 Å². The van der Waals surface area contributed by atoms with E-state index in [9.17, 15) is 13.6 Å². The molecule has 0 radical (unpaired) electrons. The Bertz CT molecular complexity index is 855. The molecule has 1 fully saturated rings. The quantitative estimate of drug-likeness (QED) is 0.333. The Hall–Kier alpha value is -2.33. The summed E-state index contributed by atoms with van der Waals surface area (Å²) in [5.41, 5.74) is 2.77. The van der Waals surface area contributed by atoms with Gasteiger partial charge < -0.3 is 10.2 Å². The number of carbonyl (C=O) groups is 1. The molecule has 0 bridgehead atoms. The van der Waals surface area contributed by atoms with Gasteiger partial charge in [0.1, 0.15) is 5.82 Å². The second-order valence-electron chi connectivity index (χ2n) is 6.56. The predicted molar refractivity (Wildman–Crippen MR) is 114 cm³/mol. The normalized spacial score (nSPS) is 16.0. The fourth-order valence-corrected chi connectivity index (χ4v) is 3.04. The van der Waals surface area contributed by atoms with Crippen molar-refractivity contribution < 1.29 is 18.8 Å². The van der Waals surface area contributed by atoms with Crippen molar-refractivity contribution >= 4 is 42.6 Å². The van der Waals surface area contributed by atoms with Gasteiger partial charge in [-0.05, 0) is 36.6 Å². The van der Waals surface area contributed by atoms with Gasteiger partial charge in [-0.15, -0.1) is 24.8 Å². The molecule has 1 saturated heterocycles. The molecule has 30 heavy (non-hydrogen) atoms. The smallest absolute Gasteiger partial charge is 0.267 e. The first-order chi connectivity index (χ1) is 13.5. The lowest BCUT2D eigenvalue weighted by Gasteiger charge is -2.17. The average Bonchev–Trinajstić information content (AvgIpc) is 3.15. The molecule has 1 aromatic heterocycles. The van der Waals surface area contributed by atoms with Gasteiger partial charge in [-0.3, -0.25) is 15.0 Å². The molecule has 11 heteroatoms. The van der Waals surface area contributed by atoms with Crippen molar-refractivity contribution in [1.29, 1.82) is 0 Å². The number of carbonyl (C=O) groups excluding carboxylic acids is 1. The third-order valence-electron chi connectivity index (χ3n) is 4.51. The number of halogens is 4. The van der Waals surface area contributed by atoms with Gasteiger partial charge in [0, 0.05) is 31.8 Å². The summed E-state index contributed by atoms with van der Waals surface area (Å²) in [6.45, 7) is 2.50. The molecule has 0 spiro atoms. The third kappa shape index (κ3) is 7.49. The van der Waals surface area contributed by atoms with Gasteiger partial charge in [0.25, 0.3) is 5.91 Å². The van der Waals surface area contributed by atoms with E-state index >= 15 is 0 Å². The third-order valence-corrected chi connectivity index (χ3v) is 4.51. The van der Waals surface area contributed by atoms with Crippen molar-refractivity contribution in [2.24, 2.45) is 0 Å². The highest BCUT2D eigenvalue weighted by Gasteiger charge is 2.22. The lowest BCUT2D eigenvalue weighted by Crippen LogP contribution is -2.28. The Morgan fingerprint density at radius 2 is 2.03 bits per heavy atom. The van der Waals surface area contributed by atoms with E-state index in [0.717, 1.165) is 43.8 Å². The largest absolute Gasteiger partial charge is 0.365 e. The van der Waals surface area contributed by atoms with Crippen LogP contribution in [0.15, 0.2) is 36.7 Å². The van der Waals surface area contributed by atoms with E-state index in [1.165, 1.54) is 23.8 Å². The summed E-state index contributed by atoms with van der Waals surface area (Å²) in [5.74, 6) is -1.64. The predicted octanol–water partition coefficient (Wildman–Crippen LogP) is 2.85. The number of likely N-dealkylation sites (tertiary alicyclic amines) is 1. The van der Waals surface area contributed by atoms with Gasteiger partial charge in [-0.25, -0.2) is 19.2 Å². The number of hydrogen-bond acceptors (Lipinski definition) is 6. The average molecular weight is 462 g/mol. The van der Waals surface area contributed by atoms with Crippen LogP contribution in [0, 0.1) is 11.6 Å². The van der Waals surface area contributed by atoms with E-state index < -0.39 is 17.5 Å².